The molecule has 1 aliphatic carbocycles. The van der Waals surface area contributed by atoms with Crippen molar-refractivity contribution in [3.05, 3.63) is 33.4 Å². The summed E-state index contributed by atoms with van der Waals surface area (Å²) >= 11 is 0. The molecule has 6 heteroatoms. The molecule has 6 nitrogen and oxygen atoms in total. The quantitative estimate of drug-likeness (QED) is 0.614. The third kappa shape index (κ3) is 3.25. The van der Waals surface area contributed by atoms with Gasteiger partial charge in [0.15, 0.2) is 6.79 Å². The molecule has 2 fully saturated rings. The van der Waals surface area contributed by atoms with Crippen LogP contribution in [0.25, 0.3) is 0 Å². The minimum Gasteiger partial charge on any atom is -0.467 e. The Morgan fingerprint density at radius 2 is 2.12 bits per heavy atom. The van der Waals surface area contributed by atoms with Crippen LogP contribution < -0.4 is 4.74 Å². The average Bonchev–Trinajstić information content (AvgIpc) is 2.64. The van der Waals surface area contributed by atoms with E-state index < -0.39 is 0 Å². The molecule has 0 unspecified atom stereocenters. The molecular formula is C19H26N2O4. The third-order valence-electron chi connectivity index (χ3n) is 6.21. The Balaban J connectivity index is 1.63. The number of hydrogen-bond acceptors (Lipinski definition) is 5. The highest BCUT2D eigenvalue weighted by molar-refractivity contribution is 5.50. The largest absolute Gasteiger partial charge is 0.467 e. The zero-order valence-corrected chi connectivity index (χ0v) is 14.8. The topological polar surface area (TPSA) is 64.8 Å². The van der Waals surface area contributed by atoms with E-state index in [9.17, 15) is 10.1 Å². The minimum atomic E-state index is -0.319. The highest BCUT2D eigenvalue weighted by Crippen LogP contribution is 2.41. The lowest BCUT2D eigenvalue weighted by atomic mass is 9.72. The molecule has 136 valence electrons. The van der Waals surface area contributed by atoms with Crippen molar-refractivity contribution in [2.24, 2.45) is 11.8 Å². The predicted octanol–water partition coefficient (Wildman–Crippen LogP) is 3.86. The zero-order valence-electron chi connectivity index (χ0n) is 14.8. The molecule has 0 spiro atoms. The van der Waals surface area contributed by atoms with Crippen LogP contribution in [0.15, 0.2) is 12.1 Å². The highest BCUT2D eigenvalue weighted by Gasteiger charge is 2.37. The molecule has 3 aliphatic rings. The Kier molecular flexibility index (Phi) is 4.65. The summed E-state index contributed by atoms with van der Waals surface area (Å²) in [6.07, 6.45) is 6.41. The van der Waals surface area contributed by atoms with Crippen molar-refractivity contribution >= 4 is 5.69 Å². The Labute approximate surface area is 148 Å². The molecule has 1 saturated carbocycles. The number of benzene rings is 1. The summed E-state index contributed by atoms with van der Waals surface area (Å²) in [6, 6.07) is 3.88. The molecule has 0 radical (unpaired) electrons. The molecule has 0 amide bonds. The van der Waals surface area contributed by atoms with Crippen molar-refractivity contribution in [2.45, 2.75) is 58.2 Å². The van der Waals surface area contributed by atoms with Crippen molar-refractivity contribution in [3.63, 3.8) is 0 Å². The lowest BCUT2D eigenvalue weighted by Crippen LogP contribution is -2.49. The van der Waals surface area contributed by atoms with E-state index in [-0.39, 0.29) is 17.4 Å². The van der Waals surface area contributed by atoms with Gasteiger partial charge in [0.2, 0.25) is 0 Å². The SMILES string of the molecule is C[C@@H]1CCN(Cc2cc([N+](=O)[O-])cc3c2OCOC3)[C@H]2CCCC[C@H]12. The molecule has 3 atom stereocenters. The van der Waals surface area contributed by atoms with Gasteiger partial charge in [-0.2, -0.15) is 0 Å². The van der Waals surface area contributed by atoms with Gasteiger partial charge in [-0.25, -0.2) is 0 Å². The fourth-order valence-electron chi connectivity index (χ4n) is 4.93. The van der Waals surface area contributed by atoms with E-state index in [1.807, 2.05) is 0 Å². The van der Waals surface area contributed by atoms with Crippen LogP contribution in [0.4, 0.5) is 5.69 Å². The Morgan fingerprint density at radius 3 is 2.96 bits per heavy atom. The van der Waals surface area contributed by atoms with E-state index in [0.717, 1.165) is 41.8 Å². The first-order chi connectivity index (χ1) is 12.1. The van der Waals surface area contributed by atoms with Gasteiger partial charge in [0.1, 0.15) is 5.75 Å². The summed E-state index contributed by atoms with van der Waals surface area (Å²) in [5.41, 5.74) is 1.86. The zero-order chi connectivity index (χ0) is 17.4. The lowest BCUT2D eigenvalue weighted by Gasteiger charge is -2.47. The average molecular weight is 346 g/mol. The van der Waals surface area contributed by atoms with E-state index in [4.69, 9.17) is 9.47 Å². The molecule has 0 aromatic heterocycles. The summed E-state index contributed by atoms with van der Waals surface area (Å²) in [7, 11) is 0. The minimum absolute atomic E-state index is 0.133. The second-order valence-electron chi connectivity index (χ2n) is 7.71. The predicted molar refractivity (Wildman–Crippen MR) is 93.3 cm³/mol. The number of nitrogens with zero attached hydrogens (tertiary/aromatic N) is 2. The standard InChI is InChI=1S/C19H26N2O4/c1-13-6-7-20(18-5-3-2-4-17(13)18)10-14-8-16(21(22)23)9-15-11-24-12-25-19(14)15/h8-9,13,17-18H,2-7,10-12H2,1H3/t13-,17-,18+/m1/s1. The van der Waals surface area contributed by atoms with E-state index in [1.165, 1.54) is 32.1 Å². The van der Waals surface area contributed by atoms with Gasteiger partial charge in [0.25, 0.3) is 5.69 Å². The van der Waals surface area contributed by atoms with Gasteiger partial charge in [0, 0.05) is 35.8 Å². The molecule has 0 N–H and O–H groups in total. The van der Waals surface area contributed by atoms with Crippen LogP contribution in [0.3, 0.4) is 0 Å². The molecule has 1 saturated heterocycles. The summed E-state index contributed by atoms with van der Waals surface area (Å²) < 4.78 is 11.0. The second-order valence-corrected chi connectivity index (χ2v) is 7.71. The van der Waals surface area contributed by atoms with Gasteiger partial charge in [0.05, 0.1) is 11.5 Å². The summed E-state index contributed by atoms with van der Waals surface area (Å²) in [4.78, 5) is 13.5. The number of rotatable bonds is 3. The van der Waals surface area contributed by atoms with Crippen LogP contribution in [0, 0.1) is 22.0 Å². The number of ether oxygens (including phenoxy) is 2. The number of nitro benzene ring substituents is 1. The highest BCUT2D eigenvalue weighted by atomic mass is 16.7. The molecule has 0 bridgehead atoms. The van der Waals surface area contributed by atoms with E-state index in [2.05, 4.69) is 11.8 Å². The van der Waals surface area contributed by atoms with Crippen molar-refractivity contribution < 1.29 is 14.4 Å². The van der Waals surface area contributed by atoms with E-state index in [0.29, 0.717) is 12.6 Å². The van der Waals surface area contributed by atoms with Crippen molar-refractivity contribution in [3.8, 4) is 5.75 Å². The Hall–Kier alpha value is -1.66. The van der Waals surface area contributed by atoms with Crippen LogP contribution in [-0.4, -0.2) is 29.2 Å². The number of nitro groups is 1. The first-order valence-corrected chi connectivity index (χ1v) is 9.38. The third-order valence-corrected chi connectivity index (χ3v) is 6.21. The smallest absolute Gasteiger partial charge is 0.270 e. The number of likely N-dealkylation sites (tertiary alicyclic amines) is 1. The summed E-state index contributed by atoms with van der Waals surface area (Å²) in [5, 5.41) is 11.3. The second kappa shape index (κ2) is 6.92. The van der Waals surface area contributed by atoms with Gasteiger partial charge in [-0.3, -0.25) is 15.0 Å². The normalized spacial score (nSPS) is 29.4. The molecule has 1 aromatic carbocycles. The number of piperidine rings is 1. The van der Waals surface area contributed by atoms with E-state index >= 15 is 0 Å². The van der Waals surface area contributed by atoms with Crippen molar-refractivity contribution in [1.29, 1.82) is 0 Å². The maximum atomic E-state index is 11.3. The Bertz CT molecular complexity index is 663. The molecule has 25 heavy (non-hydrogen) atoms. The van der Waals surface area contributed by atoms with Crippen LogP contribution >= 0.6 is 0 Å². The van der Waals surface area contributed by atoms with Crippen LogP contribution in [0.2, 0.25) is 0 Å². The maximum Gasteiger partial charge on any atom is 0.270 e. The summed E-state index contributed by atoms with van der Waals surface area (Å²) in [5.74, 6) is 2.34. The van der Waals surface area contributed by atoms with Crippen molar-refractivity contribution in [2.75, 3.05) is 13.3 Å². The first-order valence-electron chi connectivity index (χ1n) is 9.38. The molecule has 2 heterocycles. The van der Waals surface area contributed by atoms with Gasteiger partial charge in [-0.05, 0) is 37.6 Å². The fraction of sp³-hybridized carbons (Fsp3) is 0.684. The van der Waals surface area contributed by atoms with Gasteiger partial charge < -0.3 is 9.47 Å². The van der Waals surface area contributed by atoms with Crippen LogP contribution in [-0.2, 0) is 17.9 Å². The number of non-ortho nitro benzene ring substituents is 1. The molecular weight excluding hydrogens is 320 g/mol. The lowest BCUT2D eigenvalue weighted by molar-refractivity contribution is -0.385. The van der Waals surface area contributed by atoms with Gasteiger partial charge in [-0.15, -0.1) is 0 Å². The van der Waals surface area contributed by atoms with Crippen molar-refractivity contribution in [1.82, 2.24) is 4.90 Å². The van der Waals surface area contributed by atoms with Gasteiger partial charge in [-0.1, -0.05) is 19.8 Å². The number of fused-ring (bicyclic) bond motifs is 2. The van der Waals surface area contributed by atoms with Gasteiger partial charge >= 0.3 is 0 Å². The molecule has 1 aromatic rings. The number of hydrogen-bond donors (Lipinski definition) is 0. The monoisotopic (exact) mass is 346 g/mol. The Morgan fingerprint density at radius 1 is 1.28 bits per heavy atom. The molecule has 2 aliphatic heterocycles. The van der Waals surface area contributed by atoms with Crippen LogP contribution in [0.5, 0.6) is 5.75 Å². The van der Waals surface area contributed by atoms with Crippen LogP contribution in [0.1, 0.15) is 50.2 Å². The summed E-state index contributed by atoms with van der Waals surface area (Å²) in [6.45, 7) is 4.79. The van der Waals surface area contributed by atoms with E-state index in [1.54, 1.807) is 12.1 Å². The fourth-order valence-corrected chi connectivity index (χ4v) is 4.93. The first kappa shape index (κ1) is 16.8. The maximum absolute atomic E-state index is 11.3. The molecule has 4 rings (SSSR count).